The second kappa shape index (κ2) is 8.14. The molecule has 0 saturated heterocycles. The lowest BCUT2D eigenvalue weighted by molar-refractivity contribution is -0.125. The van der Waals surface area contributed by atoms with E-state index in [-0.39, 0.29) is 23.2 Å². The van der Waals surface area contributed by atoms with Crippen LogP contribution in [0.15, 0.2) is 64.9 Å². The molecule has 2 aromatic carbocycles. The van der Waals surface area contributed by atoms with Crippen LogP contribution >= 0.6 is 0 Å². The third-order valence-corrected chi connectivity index (χ3v) is 5.56. The van der Waals surface area contributed by atoms with Crippen molar-refractivity contribution in [1.29, 1.82) is 5.26 Å². The van der Waals surface area contributed by atoms with Crippen molar-refractivity contribution >= 4 is 15.7 Å². The Kier molecular flexibility index (Phi) is 6.13. The van der Waals surface area contributed by atoms with Gasteiger partial charge in [0, 0.05) is 18.0 Å². The second-order valence-corrected chi connectivity index (χ2v) is 8.27. The van der Waals surface area contributed by atoms with Crippen molar-refractivity contribution in [2.45, 2.75) is 30.7 Å². The number of nitrogens with one attached hydrogen (secondary N) is 1. The Morgan fingerprint density at radius 3 is 2.48 bits per heavy atom. The highest BCUT2D eigenvalue weighted by Crippen LogP contribution is 2.25. The van der Waals surface area contributed by atoms with E-state index >= 15 is 0 Å². The molecule has 1 amide bonds. The lowest BCUT2D eigenvalue weighted by Gasteiger charge is -2.24. The molecular weight excluding hydrogens is 367 g/mol. The van der Waals surface area contributed by atoms with Gasteiger partial charge in [0.15, 0.2) is 0 Å². The Bertz CT molecular complexity index is 1000. The molecule has 0 aromatic heterocycles. The van der Waals surface area contributed by atoms with Crippen molar-refractivity contribution in [2.24, 2.45) is 0 Å². The molecule has 27 heavy (non-hydrogen) atoms. The van der Waals surface area contributed by atoms with Gasteiger partial charge in [-0.1, -0.05) is 24.3 Å². The van der Waals surface area contributed by atoms with Crippen molar-refractivity contribution < 1.29 is 17.6 Å². The largest absolute Gasteiger partial charge is 0.351 e. The number of rotatable bonds is 6. The molecule has 0 spiro atoms. The van der Waals surface area contributed by atoms with Crippen LogP contribution in [0.3, 0.4) is 0 Å². The summed E-state index contributed by atoms with van der Waals surface area (Å²) >= 11 is 0. The third-order valence-electron chi connectivity index (χ3n) is 4.14. The monoisotopic (exact) mass is 386 g/mol. The summed E-state index contributed by atoms with van der Waals surface area (Å²) in [6.07, 6.45) is 0.896. The summed E-state index contributed by atoms with van der Waals surface area (Å²) in [7, 11) is -3.69. The van der Waals surface area contributed by atoms with Gasteiger partial charge in [0.2, 0.25) is 15.7 Å². The van der Waals surface area contributed by atoms with Gasteiger partial charge in [0.05, 0.1) is 16.4 Å². The molecule has 0 atom stereocenters. The smallest absolute Gasteiger partial charge is 0.230 e. The van der Waals surface area contributed by atoms with Gasteiger partial charge in [-0.25, -0.2) is 12.8 Å². The summed E-state index contributed by atoms with van der Waals surface area (Å²) in [5, 5.41) is 12.1. The molecule has 0 bridgehead atoms. The van der Waals surface area contributed by atoms with E-state index in [2.05, 4.69) is 5.32 Å². The van der Waals surface area contributed by atoms with Crippen molar-refractivity contribution in [3.63, 3.8) is 0 Å². The van der Waals surface area contributed by atoms with Gasteiger partial charge in [-0.2, -0.15) is 5.26 Å². The summed E-state index contributed by atoms with van der Waals surface area (Å²) in [4.78, 5) is 12.6. The molecule has 2 rings (SSSR count). The van der Waals surface area contributed by atoms with Crippen LogP contribution in [0.4, 0.5) is 4.39 Å². The standard InChI is InChI=1S/C20H19FN2O3S/c1-20(2,19(24)23-14-15-5-3-6-17(21)13-15)16-7-9-18(10-8-16)27(25,26)12-4-11-22/h3-10,12-13H,14H2,1-2H3,(H,23,24). The fourth-order valence-corrected chi connectivity index (χ4v) is 3.35. The Hall–Kier alpha value is -2.98. The molecule has 0 radical (unpaired) electrons. The maximum Gasteiger partial charge on any atom is 0.230 e. The first-order valence-corrected chi connectivity index (χ1v) is 9.66. The molecule has 1 N–H and O–H groups in total. The van der Waals surface area contributed by atoms with E-state index in [1.807, 2.05) is 0 Å². The van der Waals surface area contributed by atoms with Crippen LogP contribution < -0.4 is 5.32 Å². The number of nitriles is 1. The number of sulfone groups is 1. The third kappa shape index (κ3) is 5.02. The van der Waals surface area contributed by atoms with Crippen LogP contribution in [0.25, 0.3) is 0 Å². The molecular formula is C20H19FN2O3S. The zero-order valence-corrected chi connectivity index (χ0v) is 15.8. The fraction of sp³-hybridized carbons (Fsp3) is 0.200. The lowest BCUT2D eigenvalue weighted by Crippen LogP contribution is -2.39. The number of amides is 1. The van der Waals surface area contributed by atoms with Crippen LogP contribution in [0, 0.1) is 17.1 Å². The van der Waals surface area contributed by atoms with Gasteiger partial charge >= 0.3 is 0 Å². The van der Waals surface area contributed by atoms with Crippen molar-refractivity contribution in [3.8, 4) is 6.07 Å². The molecule has 0 aliphatic rings. The Labute approximate surface area is 158 Å². The molecule has 2 aromatic rings. The molecule has 5 nitrogen and oxygen atoms in total. The van der Waals surface area contributed by atoms with Crippen LogP contribution in [0.5, 0.6) is 0 Å². The topological polar surface area (TPSA) is 87.0 Å². The molecule has 7 heteroatoms. The quantitative estimate of drug-likeness (QED) is 0.772. The Morgan fingerprint density at radius 1 is 1.22 bits per heavy atom. The molecule has 0 fully saturated rings. The van der Waals surface area contributed by atoms with Gasteiger partial charge < -0.3 is 5.32 Å². The highest BCUT2D eigenvalue weighted by atomic mass is 32.2. The summed E-state index contributed by atoms with van der Waals surface area (Å²) < 4.78 is 37.3. The SMILES string of the molecule is CC(C)(C(=O)NCc1cccc(F)c1)c1ccc(S(=O)(=O)C=CC#N)cc1. The number of carbonyl (C=O) groups is 1. The van der Waals surface area contributed by atoms with Crippen LogP contribution in [0.2, 0.25) is 0 Å². The average Bonchev–Trinajstić information content (AvgIpc) is 2.64. The number of carbonyl (C=O) groups excluding carboxylic acids is 1. The van der Waals surface area contributed by atoms with E-state index in [0.29, 0.717) is 11.1 Å². The predicted octanol–water partition coefficient (Wildman–Crippen LogP) is 3.23. The molecule has 0 heterocycles. The molecule has 140 valence electrons. The Balaban J connectivity index is 2.14. The first-order chi connectivity index (χ1) is 12.7. The van der Waals surface area contributed by atoms with Crippen molar-refractivity contribution in [2.75, 3.05) is 0 Å². The first kappa shape index (κ1) is 20.3. The molecule has 0 saturated carbocycles. The molecule has 0 aliphatic carbocycles. The van der Waals surface area contributed by atoms with E-state index in [1.165, 1.54) is 24.3 Å². The van der Waals surface area contributed by atoms with Gasteiger partial charge in [-0.15, -0.1) is 0 Å². The lowest BCUT2D eigenvalue weighted by atomic mass is 9.83. The number of hydrogen-bond donors (Lipinski definition) is 1. The van der Waals surface area contributed by atoms with E-state index in [1.54, 1.807) is 44.2 Å². The molecule has 0 aliphatic heterocycles. The summed E-state index contributed by atoms with van der Waals surface area (Å²) in [6.45, 7) is 3.62. The normalized spacial score (nSPS) is 11.9. The number of halogens is 1. The van der Waals surface area contributed by atoms with Crippen molar-refractivity contribution in [1.82, 2.24) is 5.32 Å². The van der Waals surface area contributed by atoms with Gasteiger partial charge in [-0.3, -0.25) is 4.79 Å². The zero-order chi connectivity index (χ0) is 20.1. The number of hydrogen-bond acceptors (Lipinski definition) is 4. The van der Waals surface area contributed by atoms with Crippen LogP contribution in [-0.4, -0.2) is 14.3 Å². The van der Waals surface area contributed by atoms with Crippen LogP contribution in [0.1, 0.15) is 25.0 Å². The number of nitrogens with zero attached hydrogens (tertiary/aromatic N) is 1. The predicted molar refractivity (Wildman–Crippen MR) is 99.7 cm³/mol. The summed E-state index contributed by atoms with van der Waals surface area (Å²) in [6, 6.07) is 13.5. The summed E-state index contributed by atoms with van der Waals surface area (Å²) in [5.41, 5.74) is 0.352. The maximum atomic E-state index is 13.2. The Morgan fingerprint density at radius 2 is 1.89 bits per heavy atom. The second-order valence-electron chi connectivity index (χ2n) is 6.44. The van der Waals surface area contributed by atoms with Gasteiger partial charge in [0.1, 0.15) is 5.82 Å². The van der Waals surface area contributed by atoms with E-state index in [0.717, 1.165) is 11.5 Å². The van der Waals surface area contributed by atoms with Crippen molar-refractivity contribution in [3.05, 3.63) is 77.0 Å². The maximum absolute atomic E-state index is 13.2. The van der Waals surface area contributed by atoms with Crippen LogP contribution in [-0.2, 0) is 26.6 Å². The molecule has 0 unspecified atom stereocenters. The summed E-state index contributed by atoms with van der Waals surface area (Å²) in [5.74, 6) is -0.644. The fourth-order valence-electron chi connectivity index (χ4n) is 2.44. The van der Waals surface area contributed by atoms with Gasteiger partial charge in [0.25, 0.3) is 0 Å². The number of allylic oxidation sites excluding steroid dienone is 1. The van der Waals surface area contributed by atoms with E-state index < -0.39 is 15.3 Å². The average molecular weight is 386 g/mol. The highest BCUT2D eigenvalue weighted by molar-refractivity contribution is 7.94. The first-order valence-electron chi connectivity index (χ1n) is 8.11. The van der Waals surface area contributed by atoms with E-state index in [9.17, 15) is 17.6 Å². The van der Waals surface area contributed by atoms with Gasteiger partial charge in [-0.05, 0) is 49.2 Å². The van der Waals surface area contributed by atoms with E-state index in [4.69, 9.17) is 5.26 Å². The number of benzene rings is 2. The minimum Gasteiger partial charge on any atom is -0.351 e. The minimum atomic E-state index is -3.69. The minimum absolute atomic E-state index is 0.0359. The zero-order valence-electron chi connectivity index (χ0n) is 14.9. The highest BCUT2D eigenvalue weighted by Gasteiger charge is 2.29.